The molecule has 0 spiro atoms. The van der Waals surface area contributed by atoms with Gasteiger partial charge in [-0.2, -0.15) is 0 Å². The molecule has 2 N–H and O–H groups in total. The van der Waals surface area contributed by atoms with Crippen LogP contribution in [0.3, 0.4) is 0 Å². The van der Waals surface area contributed by atoms with Gasteiger partial charge in [0.25, 0.3) is 11.8 Å². The number of rotatable bonds is 7. The Hall–Kier alpha value is -3.87. The van der Waals surface area contributed by atoms with Crippen molar-refractivity contribution in [2.45, 2.75) is 6.54 Å². The number of hydrogen-bond donors (Lipinski definition) is 2. The fraction of sp³-hybridized carbons (Fsp3) is 0.136. The van der Waals surface area contributed by atoms with Gasteiger partial charge in [-0.1, -0.05) is 30.3 Å². The quantitative estimate of drug-likeness (QED) is 0.645. The second-order valence-corrected chi connectivity index (χ2v) is 6.15. The van der Waals surface area contributed by atoms with Crippen molar-refractivity contribution in [2.75, 3.05) is 19.5 Å². The Balaban J connectivity index is 1.72. The van der Waals surface area contributed by atoms with Gasteiger partial charge >= 0.3 is 0 Å². The van der Waals surface area contributed by atoms with Crippen molar-refractivity contribution in [3.63, 3.8) is 0 Å². The first-order valence-corrected chi connectivity index (χ1v) is 8.91. The minimum Gasteiger partial charge on any atom is -0.497 e. The van der Waals surface area contributed by atoms with Gasteiger partial charge in [-0.3, -0.25) is 14.6 Å². The summed E-state index contributed by atoms with van der Waals surface area (Å²) in [7, 11) is 3.05. The monoisotopic (exact) mass is 391 g/mol. The highest BCUT2D eigenvalue weighted by Crippen LogP contribution is 2.29. The molecule has 3 rings (SSSR count). The molecule has 1 aromatic heterocycles. The van der Waals surface area contributed by atoms with Gasteiger partial charge in [0.05, 0.1) is 31.0 Å². The summed E-state index contributed by atoms with van der Waals surface area (Å²) in [6, 6.07) is 16.1. The van der Waals surface area contributed by atoms with Gasteiger partial charge in [0, 0.05) is 25.0 Å². The first-order valence-electron chi connectivity index (χ1n) is 8.91. The molecule has 29 heavy (non-hydrogen) atoms. The predicted octanol–water partition coefficient (Wildman–Crippen LogP) is 3.28. The standard InChI is InChI=1S/C22H21N3O4/c1-28-18-8-9-20(29-2)19(11-18)25-22(27)17-10-16(13-23-14-17)21(26)24-12-15-6-4-3-5-7-15/h3-11,13-14H,12H2,1-2H3,(H,24,26)(H,25,27). The lowest BCUT2D eigenvalue weighted by molar-refractivity contribution is 0.0950. The molecule has 0 radical (unpaired) electrons. The van der Waals surface area contributed by atoms with E-state index in [1.807, 2.05) is 30.3 Å². The van der Waals surface area contributed by atoms with Gasteiger partial charge in [0.2, 0.25) is 0 Å². The van der Waals surface area contributed by atoms with Gasteiger partial charge in [-0.25, -0.2) is 0 Å². The molecule has 0 bridgehead atoms. The van der Waals surface area contributed by atoms with Crippen molar-refractivity contribution in [1.29, 1.82) is 0 Å². The fourth-order valence-corrected chi connectivity index (χ4v) is 2.67. The van der Waals surface area contributed by atoms with E-state index in [9.17, 15) is 9.59 Å². The van der Waals surface area contributed by atoms with Crippen molar-refractivity contribution in [3.05, 3.63) is 83.7 Å². The summed E-state index contributed by atoms with van der Waals surface area (Å²) >= 11 is 0. The Morgan fingerprint density at radius 1 is 0.897 bits per heavy atom. The van der Waals surface area contributed by atoms with Crippen LogP contribution in [-0.2, 0) is 6.54 Å². The first kappa shape index (κ1) is 19.9. The Morgan fingerprint density at radius 2 is 1.62 bits per heavy atom. The number of pyridine rings is 1. The highest BCUT2D eigenvalue weighted by molar-refractivity contribution is 6.06. The maximum absolute atomic E-state index is 12.7. The van der Waals surface area contributed by atoms with Crippen LogP contribution in [0.4, 0.5) is 5.69 Å². The summed E-state index contributed by atoms with van der Waals surface area (Å²) in [5.41, 5.74) is 1.98. The number of amides is 2. The van der Waals surface area contributed by atoms with Crippen LogP contribution in [-0.4, -0.2) is 31.0 Å². The number of benzene rings is 2. The molecule has 0 aliphatic heterocycles. The molecule has 148 valence electrons. The summed E-state index contributed by atoms with van der Waals surface area (Å²) in [4.78, 5) is 29.1. The maximum Gasteiger partial charge on any atom is 0.257 e. The molecule has 0 saturated carbocycles. The van der Waals surface area contributed by atoms with E-state index in [0.717, 1.165) is 5.56 Å². The number of hydrogen-bond acceptors (Lipinski definition) is 5. The van der Waals surface area contributed by atoms with Crippen LogP contribution in [0.5, 0.6) is 11.5 Å². The molecule has 3 aromatic rings. The third-order valence-electron chi connectivity index (χ3n) is 4.21. The number of nitrogens with one attached hydrogen (secondary N) is 2. The van der Waals surface area contributed by atoms with Crippen LogP contribution in [0.15, 0.2) is 67.0 Å². The molecule has 0 unspecified atom stereocenters. The second kappa shape index (κ2) is 9.36. The summed E-state index contributed by atoms with van der Waals surface area (Å²) in [5, 5.41) is 5.58. The molecule has 0 saturated heterocycles. The van der Waals surface area contributed by atoms with Crippen LogP contribution in [0, 0.1) is 0 Å². The van der Waals surface area contributed by atoms with Crippen LogP contribution in [0.25, 0.3) is 0 Å². The number of aromatic nitrogens is 1. The van der Waals surface area contributed by atoms with Crippen molar-refractivity contribution in [2.24, 2.45) is 0 Å². The van der Waals surface area contributed by atoms with Crippen LogP contribution in [0.2, 0.25) is 0 Å². The van der Waals surface area contributed by atoms with Gasteiger partial charge in [0.1, 0.15) is 11.5 Å². The Kier molecular flexibility index (Phi) is 6.42. The van der Waals surface area contributed by atoms with Gasteiger partial charge in [-0.15, -0.1) is 0 Å². The largest absolute Gasteiger partial charge is 0.497 e. The Bertz CT molecular complexity index is 1010. The van der Waals surface area contributed by atoms with Crippen LogP contribution < -0.4 is 20.1 Å². The van der Waals surface area contributed by atoms with E-state index >= 15 is 0 Å². The lowest BCUT2D eigenvalue weighted by Crippen LogP contribution is -2.23. The number of methoxy groups -OCH3 is 2. The third kappa shape index (κ3) is 5.10. The topological polar surface area (TPSA) is 89.6 Å². The minimum absolute atomic E-state index is 0.252. The zero-order valence-electron chi connectivity index (χ0n) is 16.1. The molecular weight excluding hydrogens is 370 g/mol. The fourth-order valence-electron chi connectivity index (χ4n) is 2.67. The summed E-state index contributed by atoms with van der Waals surface area (Å²) < 4.78 is 10.5. The average molecular weight is 391 g/mol. The molecule has 0 atom stereocenters. The van der Waals surface area contributed by atoms with Gasteiger partial charge in [-0.05, 0) is 23.8 Å². The lowest BCUT2D eigenvalue weighted by Gasteiger charge is -2.12. The van der Waals surface area contributed by atoms with E-state index < -0.39 is 5.91 Å². The Morgan fingerprint density at radius 3 is 2.31 bits per heavy atom. The highest BCUT2D eigenvalue weighted by atomic mass is 16.5. The molecule has 2 aromatic carbocycles. The van der Waals surface area contributed by atoms with E-state index in [-0.39, 0.29) is 11.5 Å². The number of carbonyl (C=O) groups is 2. The van der Waals surface area contributed by atoms with E-state index in [1.165, 1.54) is 32.7 Å². The van der Waals surface area contributed by atoms with Gasteiger partial charge in [0.15, 0.2) is 0 Å². The van der Waals surface area contributed by atoms with Crippen molar-refractivity contribution < 1.29 is 19.1 Å². The smallest absolute Gasteiger partial charge is 0.257 e. The molecule has 0 fully saturated rings. The average Bonchev–Trinajstić information content (AvgIpc) is 2.78. The molecule has 7 nitrogen and oxygen atoms in total. The van der Waals surface area contributed by atoms with Gasteiger partial charge < -0.3 is 20.1 Å². The number of anilines is 1. The second-order valence-electron chi connectivity index (χ2n) is 6.15. The summed E-state index contributed by atoms with van der Waals surface area (Å²) in [5.74, 6) is 0.342. The predicted molar refractivity (Wildman–Crippen MR) is 109 cm³/mol. The van der Waals surface area contributed by atoms with E-state index in [4.69, 9.17) is 9.47 Å². The molecule has 0 aliphatic carbocycles. The zero-order valence-corrected chi connectivity index (χ0v) is 16.1. The molecule has 0 aliphatic rings. The van der Waals surface area contributed by atoms with Crippen molar-refractivity contribution >= 4 is 17.5 Å². The SMILES string of the molecule is COc1ccc(OC)c(NC(=O)c2cncc(C(=O)NCc3ccccc3)c2)c1. The Labute approximate surface area is 168 Å². The normalized spacial score (nSPS) is 10.1. The molecule has 7 heteroatoms. The zero-order chi connectivity index (χ0) is 20.6. The number of carbonyl (C=O) groups excluding carboxylic acids is 2. The molecule has 1 heterocycles. The first-order chi connectivity index (χ1) is 14.1. The number of nitrogens with zero attached hydrogens (tertiary/aromatic N) is 1. The third-order valence-corrected chi connectivity index (χ3v) is 4.21. The van der Waals surface area contributed by atoms with Crippen LogP contribution in [0.1, 0.15) is 26.3 Å². The maximum atomic E-state index is 12.7. The lowest BCUT2D eigenvalue weighted by atomic mass is 10.1. The van der Waals surface area contributed by atoms with Crippen molar-refractivity contribution in [3.8, 4) is 11.5 Å². The number of ether oxygens (including phenoxy) is 2. The summed E-state index contributed by atoms with van der Waals surface area (Å²) in [6.07, 6.45) is 2.82. The van der Waals surface area contributed by atoms with E-state index in [2.05, 4.69) is 15.6 Å². The minimum atomic E-state index is -0.415. The van der Waals surface area contributed by atoms with E-state index in [1.54, 1.807) is 18.2 Å². The van der Waals surface area contributed by atoms with Crippen LogP contribution >= 0.6 is 0 Å². The van der Waals surface area contributed by atoms with Crippen molar-refractivity contribution in [1.82, 2.24) is 10.3 Å². The molecular formula is C22H21N3O4. The molecule has 2 amide bonds. The summed E-state index contributed by atoms with van der Waals surface area (Å²) in [6.45, 7) is 0.386. The highest BCUT2D eigenvalue weighted by Gasteiger charge is 2.14. The van der Waals surface area contributed by atoms with E-state index in [0.29, 0.717) is 29.3 Å².